The Bertz CT molecular complexity index is 1900. The van der Waals surface area contributed by atoms with Crippen LogP contribution in [0.2, 0.25) is 0 Å². The SMILES string of the molecule is C[C@@H]1[C@H](CN2CC3(C)CC2CC(C)(C)C3)O[C@H](c2ccc(-c3cccc(CN4C(=O)c5ccccc5C4=O)c3)cc2)O[C@@H]1c1ccc(CO)cc1. The van der Waals surface area contributed by atoms with Crippen molar-refractivity contribution in [3.8, 4) is 11.1 Å². The highest BCUT2D eigenvalue weighted by Gasteiger charge is 2.51. The molecule has 2 amide bonds. The summed E-state index contributed by atoms with van der Waals surface area (Å²) in [5.74, 6) is -0.371. The van der Waals surface area contributed by atoms with Gasteiger partial charge in [0.1, 0.15) is 0 Å². The van der Waals surface area contributed by atoms with Gasteiger partial charge in [-0.3, -0.25) is 19.4 Å². The Morgan fingerprint density at radius 3 is 2.14 bits per heavy atom. The summed E-state index contributed by atoms with van der Waals surface area (Å²) in [6.45, 7) is 11.8. The topological polar surface area (TPSA) is 79.3 Å². The van der Waals surface area contributed by atoms with E-state index >= 15 is 0 Å². The Balaban J connectivity index is 1.02. The van der Waals surface area contributed by atoms with Gasteiger partial charge in [-0.15, -0.1) is 0 Å². The molecule has 3 aliphatic heterocycles. The van der Waals surface area contributed by atoms with Gasteiger partial charge in [-0.1, -0.05) is 107 Å². The summed E-state index contributed by atoms with van der Waals surface area (Å²) in [5.41, 5.74) is 7.48. The number of aliphatic hydroxyl groups is 1. The maximum Gasteiger partial charge on any atom is 0.261 e. The molecule has 264 valence electrons. The molecule has 1 saturated carbocycles. The van der Waals surface area contributed by atoms with Crippen molar-refractivity contribution in [2.45, 2.75) is 84.6 Å². The fourth-order valence-electron chi connectivity index (χ4n) is 9.60. The second-order valence-corrected chi connectivity index (χ2v) is 16.5. The van der Waals surface area contributed by atoms with E-state index in [4.69, 9.17) is 9.47 Å². The first kappa shape index (κ1) is 34.0. The molecular formula is C44H48N2O5. The van der Waals surface area contributed by atoms with Crippen LogP contribution < -0.4 is 0 Å². The molecule has 2 bridgehead atoms. The summed E-state index contributed by atoms with van der Waals surface area (Å²) in [4.78, 5) is 30.0. The van der Waals surface area contributed by atoms with Crippen LogP contribution in [0.4, 0.5) is 0 Å². The molecule has 3 heterocycles. The van der Waals surface area contributed by atoms with Crippen molar-refractivity contribution in [1.29, 1.82) is 0 Å². The zero-order valence-corrected chi connectivity index (χ0v) is 30.0. The molecule has 1 aliphatic carbocycles. The van der Waals surface area contributed by atoms with E-state index in [1.807, 2.05) is 36.4 Å². The number of amides is 2. The number of nitrogens with zero attached hydrogens (tertiary/aromatic N) is 2. The molecule has 3 fully saturated rings. The van der Waals surface area contributed by atoms with Gasteiger partial charge in [0.2, 0.25) is 0 Å². The van der Waals surface area contributed by atoms with E-state index < -0.39 is 6.29 Å². The highest BCUT2D eigenvalue weighted by atomic mass is 16.7. The van der Waals surface area contributed by atoms with Crippen molar-refractivity contribution in [2.24, 2.45) is 16.7 Å². The summed E-state index contributed by atoms with van der Waals surface area (Å²) < 4.78 is 13.7. The van der Waals surface area contributed by atoms with Crippen LogP contribution >= 0.6 is 0 Å². The number of likely N-dealkylation sites (tertiary alicyclic amines) is 1. The lowest BCUT2D eigenvalue weighted by atomic mass is 9.65. The summed E-state index contributed by atoms with van der Waals surface area (Å²) in [7, 11) is 0. The first-order chi connectivity index (χ1) is 24.5. The van der Waals surface area contributed by atoms with Gasteiger partial charge in [0.25, 0.3) is 11.8 Å². The third-order valence-corrected chi connectivity index (χ3v) is 11.7. The second kappa shape index (κ2) is 13.1. The first-order valence-corrected chi connectivity index (χ1v) is 18.4. The van der Waals surface area contributed by atoms with Crippen LogP contribution in [0.15, 0.2) is 97.1 Å². The Labute approximate surface area is 301 Å². The maximum absolute atomic E-state index is 13.0. The van der Waals surface area contributed by atoms with Crippen LogP contribution in [0.25, 0.3) is 11.1 Å². The standard InChI is InChI=1S/C44H48N2O5/c1-28-38(24-45-27-44(4)22-35(45)21-43(2,3)26-44)50-42(51-39(28)32-14-12-29(25-47)13-15-32)33-18-16-31(17-19-33)34-9-7-8-30(20-34)23-46-40(48)36-10-5-6-11-37(36)41(46)49/h5-20,28,35,38-39,42,47H,21-27H2,1-4H3/t28-,35?,38+,39+,42+,44?/m1/s1. The van der Waals surface area contributed by atoms with Crippen molar-refractivity contribution < 1.29 is 24.2 Å². The Kier molecular flexibility index (Phi) is 8.74. The monoisotopic (exact) mass is 684 g/mol. The van der Waals surface area contributed by atoms with E-state index in [9.17, 15) is 14.7 Å². The van der Waals surface area contributed by atoms with Crippen LogP contribution in [0.5, 0.6) is 0 Å². The number of hydrogen-bond acceptors (Lipinski definition) is 6. The van der Waals surface area contributed by atoms with E-state index in [0.29, 0.717) is 28.0 Å². The van der Waals surface area contributed by atoms with E-state index in [0.717, 1.165) is 46.5 Å². The van der Waals surface area contributed by atoms with Crippen LogP contribution in [-0.2, 0) is 22.6 Å². The lowest BCUT2D eigenvalue weighted by Gasteiger charge is -2.43. The third kappa shape index (κ3) is 6.57. The minimum Gasteiger partial charge on any atom is -0.392 e. The predicted molar refractivity (Wildman–Crippen MR) is 197 cm³/mol. The molecule has 4 aromatic carbocycles. The Morgan fingerprint density at radius 2 is 1.45 bits per heavy atom. The van der Waals surface area contributed by atoms with Crippen LogP contribution in [0.3, 0.4) is 0 Å². The van der Waals surface area contributed by atoms with Gasteiger partial charge in [-0.25, -0.2) is 0 Å². The van der Waals surface area contributed by atoms with Gasteiger partial charge in [-0.05, 0) is 76.1 Å². The highest BCUT2D eigenvalue weighted by molar-refractivity contribution is 6.21. The van der Waals surface area contributed by atoms with Gasteiger partial charge < -0.3 is 14.6 Å². The lowest BCUT2D eigenvalue weighted by molar-refractivity contribution is -0.276. The van der Waals surface area contributed by atoms with E-state index in [1.165, 1.54) is 24.2 Å². The zero-order valence-electron chi connectivity index (χ0n) is 30.0. The highest BCUT2D eigenvalue weighted by Crippen LogP contribution is 2.53. The number of rotatable bonds is 8. The quantitative estimate of drug-likeness (QED) is 0.188. The van der Waals surface area contributed by atoms with Gasteiger partial charge in [-0.2, -0.15) is 0 Å². The molecule has 4 aliphatic rings. The summed E-state index contributed by atoms with van der Waals surface area (Å²) in [6.07, 6.45) is 3.03. The van der Waals surface area contributed by atoms with Crippen LogP contribution in [0.1, 0.15) is 102 Å². The first-order valence-electron chi connectivity index (χ1n) is 18.4. The van der Waals surface area contributed by atoms with Crippen molar-refractivity contribution in [3.63, 3.8) is 0 Å². The van der Waals surface area contributed by atoms with Gasteiger partial charge in [0.15, 0.2) is 6.29 Å². The second-order valence-electron chi connectivity index (χ2n) is 16.5. The molecular weight excluding hydrogens is 636 g/mol. The van der Waals surface area contributed by atoms with Crippen molar-refractivity contribution in [3.05, 3.63) is 130 Å². The minimum absolute atomic E-state index is 0.0131. The summed E-state index contributed by atoms with van der Waals surface area (Å²) in [5, 5.41) is 9.67. The number of benzene rings is 4. The van der Waals surface area contributed by atoms with Gasteiger partial charge in [0.05, 0.1) is 36.5 Å². The molecule has 51 heavy (non-hydrogen) atoms. The molecule has 6 atom stereocenters. The fourth-order valence-corrected chi connectivity index (χ4v) is 9.60. The molecule has 0 aromatic heterocycles. The average Bonchev–Trinajstić information content (AvgIpc) is 3.51. The third-order valence-electron chi connectivity index (χ3n) is 11.7. The number of fused-ring (bicyclic) bond motifs is 3. The average molecular weight is 685 g/mol. The van der Waals surface area contributed by atoms with Crippen LogP contribution in [-0.4, -0.2) is 52.0 Å². The predicted octanol–water partition coefficient (Wildman–Crippen LogP) is 8.33. The molecule has 2 unspecified atom stereocenters. The van der Waals surface area contributed by atoms with E-state index in [-0.39, 0.29) is 43.1 Å². The Morgan fingerprint density at radius 1 is 0.765 bits per heavy atom. The largest absolute Gasteiger partial charge is 0.392 e. The maximum atomic E-state index is 13.0. The molecule has 4 aromatic rings. The lowest BCUT2D eigenvalue weighted by Crippen LogP contribution is -2.46. The molecule has 2 saturated heterocycles. The number of imide groups is 1. The van der Waals surface area contributed by atoms with Crippen molar-refractivity contribution >= 4 is 11.8 Å². The van der Waals surface area contributed by atoms with Crippen LogP contribution in [0, 0.1) is 16.7 Å². The minimum atomic E-state index is -0.531. The summed E-state index contributed by atoms with van der Waals surface area (Å²) in [6, 6.07) is 32.1. The zero-order chi connectivity index (χ0) is 35.5. The smallest absolute Gasteiger partial charge is 0.261 e. The van der Waals surface area contributed by atoms with Gasteiger partial charge >= 0.3 is 0 Å². The van der Waals surface area contributed by atoms with Crippen molar-refractivity contribution in [2.75, 3.05) is 13.1 Å². The number of ether oxygens (including phenoxy) is 2. The number of aliphatic hydroxyl groups excluding tert-OH is 1. The van der Waals surface area contributed by atoms with Crippen molar-refractivity contribution in [1.82, 2.24) is 9.80 Å². The summed E-state index contributed by atoms with van der Waals surface area (Å²) >= 11 is 0. The normalized spacial score (nSPS) is 28.6. The number of hydrogen-bond donors (Lipinski definition) is 1. The van der Waals surface area contributed by atoms with E-state index in [2.05, 4.69) is 69.0 Å². The fraction of sp³-hybridized carbons (Fsp3) is 0.409. The van der Waals surface area contributed by atoms with E-state index in [1.54, 1.807) is 24.3 Å². The molecule has 7 heteroatoms. The molecule has 0 spiro atoms. The molecule has 1 N–H and O–H groups in total. The Hall–Kier alpha value is -4.14. The molecule has 8 rings (SSSR count). The molecule has 0 radical (unpaired) electrons. The number of carbonyl (C=O) groups is 2. The molecule has 7 nitrogen and oxygen atoms in total. The number of carbonyl (C=O) groups excluding carboxylic acids is 2. The van der Waals surface area contributed by atoms with Gasteiger partial charge in [0, 0.05) is 30.6 Å².